The Morgan fingerprint density at radius 2 is 2.00 bits per heavy atom. The van der Waals surface area contributed by atoms with E-state index < -0.39 is 0 Å². The first kappa shape index (κ1) is 6.27. The fraction of sp³-hybridized carbons (Fsp3) is 0.250. The fourth-order valence-corrected chi connectivity index (χ4v) is 0.646. The van der Waals surface area contributed by atoms with Gasteiger partial charge in [-0.3, -0.25) is 4.98 Å². The van der Waals surface area contributed by atoms with Crippen LogP contribution in [0.3, 0.4) is 0 Å². The van der Waals surface area contributed by atoms with Gasteiger partial charge in [0.1, 0.15) is 0 Å². The molecule has 0 atom stereocenters. The molecule has 0 saturated heterocycles. The van der Waals surface area contributed by atoms with E-state index in [1.807, 2.05) is 19.9 Å². The second kappa shape index (κ2) is 2.18. The summed E-state index contributed by atoms with van der Waals surface area (Å²) in [4.78, 5) is 3.92. The molecule has 0 amide bonds. The van der Waals surface area contributed by atoms with Crippen molar-refractivity contribution in [1.82, 2.24) is 4.98 Å². The Bertz CT molecular complexity index is 216. The molecule has 0 bridgehead atoms. The maximum atomic E-state index is 5.42. The summed E-state index contributed by atoms with van der Waals surface area (Å²) in [7, 11) is 0. The maximum Gasteiger partial charge on any atom is 0.0451 e. The van der Waals surface area contributed by atoms with Gasteiger partial charge >= 0.3 is 0 Å². The number of aryl methyl sites for hydroxylation is 2. The lowest BCUT2D eigenvalue weighted by molar-refractivity contribution is 1.18. The van der Waals surface area contributed by atoms with E-state index in [4.69, 9.17) is 6.92 Å². The standard InChI is InChI=1S/C8H9N/c1-6-4-8(3)9-5-7(6)2/h3-5H,1-2H3. The van der Waals surface area contributed by atoms with Crippen LogP contribution in [0.5, 0.6) is 0 Å². The first-order valence-corrected chi connectivity index (χ1v) is 2.89. The van der Waals surface area contributed by atoms with Crippen LogP contribution in [-0.2, 0) is 0 Å². The van der Waals surface area contributed by atoms with Crippen LogP contribution in [0.4, 0.5) is 0 Å². The van der Waals surface area contributed by atoms with E-state index in [0.717, 1.165) is 0 Å². The summed E-state index contributed by atoms with van der Waals surface area (Å²) in [6.45, 7) is 9.45. The van der Waals surface area contributed by atoms with Crippen LogP contribution < -0.4 is 0 Å². The molecular formula is C8H9N. The zero-order chi connectivity index (χ0) is 6.85. The van der Waals surface area contributed by atoms with Crippen LogP contribution >= 0.6 is 0 Å². The zero-order valence-corrected chi connectivity index (χ0v) is 5.68. The minimum Gasteiger partial charge on any atom is -0.261 e. The number of hydrogen-bond donors (Lipinski definition) is 0. The molecule has 1 heterocycles. The number of pyridine rings is 1. The second-order valence-electron chi connectivity index (χ2n) is 2.19. The van der Waals surface area contributed by atoms with Gasteiger partial charge in [-0.25, -0.2) is 0 Å². The minimum atomic E-state index is 0.595. The van der Waals surface area contributed by atoms with Gasteiger partial charge in [-0.15, -0.1) is 0 Å². The summed E-state index contributed by atoms with van der Waals surface area (Å²) in [5.74, 6) is 0. The first-order chi connectivity index (χ1) is 4.20. The lowest BCUT2D eigenvalue weighted by Crippen LogP contribution is -1.85. The fourth-order valence-electron chi connectivity index (χ4n) is 0.646. The van der Waals surface area contributed by atoms with Gasteiger partial charge in [-0.05, 0) is 31.0 Å². The summed E-state index contributed by atoms with van der Waals surface area (Å²) >= 11 is 0. The minimum absolute atomic E-state index is 0.595. The highest BCUT2D eigenvalue weighted by molar-refractivity contribution is 5.24. The normalized spacial score (nSPS) is 9.67. The van der Waals surface area contributed by atoms with Crippen molar-refractivity contribution in [3.05, 3.63) is 36.0 Å². The quantitative estimate of drug-likeness (QED) is 0.507. The summed E-state index contributed by atoms with van der Waals surface area (Å²) in [6.07, 6.45) is 1.78. The van der Waals surface area contributed by atoms with Crippen molar-refractivity contribution in [3.63, 3.8) is 0 Å². The summed E-state index contributed by atoms with van der Waals surface area (Å²) in [5.41, 5.74) is 2.98. The maximum absolute atomic E-state index is 5.42. The molecule has 1 aromatic heterocycles. The largest absolute Gasteiger partial charge is 0.261 e. The molecule has 0 unspecified atom stereocenters. The molecule has 0 saturated carbocycles. The molecule has 0 aliphatic heterocycles. The van der Waals surface area contributed by atoms with E-state index >= 15 is 0 Å². The van der Waals surface area contributed by atoms with Crippen molar-refractivity contribution in [2.24, 2.45) is 0 Å². The van der Waals surface area contributed by atoms with E-state index in [2.05, 4.69) is 4.98 Å². The van der Waals surface area contributed by atoms with Crippen LogP contribution in [0, 0.1) is 20.8 Å². The summed E-state index contributed by atoms with van der Waals surface area (Å²) in [6, 6.07) is 1.87. The van der Waals surface area contributed by atoms with Gasteiger partial charge in [-0.2, -0.15) is 0 Å². The predicted octanol–water partition coefficient (Wildman–Crippen LogP) is 1.76. The molecule has 0 fully saturated rings. The number of hydrogen-bond acceptors (Lipinski definition) is 1. The third kappa shape index (κ3) is 1.28. The average molecular weight is 119 g/mol. The van der Waals surface area contributed by atoms with E-state index in [1.165, 1.54) is 11.1 Å². The van der Waals surface area contributed by atoms with Gasteiger partial charge in [-0.1, -0.05) is 0 Å². The molecule has 1 heteroatoms. The van der Waals surface area contributed by atoms with Gasteiger partial charge < -0.3 is 0 Å². The highest BCUT2D eigenvalue weighted by atomic mass is 14.7. The molecule has 1 nitrogen and oxygen atoms in total. The first-order valence-electron chi connectivity index (χ1n) is 2.89. The summed E-state index contributed by atoms with van der Waals surface area (Å²) in [5, 5.41) is 0. The van der Waals surface area contributed by atoms with E-state index in [-0.39, 0.29) is 0 Å². The molecule has 0 aliphatic rings. The molecule has 1 rings (SSSR count). The monoisotopic (exact) mass is 119 g/mol. The lowest BCUT2D eigenvalue weighted by Gasteiger charge is -1.97. The highest BCUT2D eigenvalue weighted by Crippen LogP contribution is 2.04. The van der Waals surface area contributed by atoms with Crippen LogP contribution in [0.25, 0.3) is 0 Å². The van der Waals surface area contributed by atoms with Crippen LogP contribution in [0.1, 0.15) is 16.8 Å². The second-order valence-corrected chi connectivity index (χ2v) is 2.19. The van der Waals surface area contributed by atoms with Crippen molar-refractivity contribution < 1.29 is 0 Å². The van der Waals surface area contributed by atoms with Gasteiger partial charge in [0.05, 0.1) is 0 Å². The topological polar surface area (TPSA) is 12.9 Å². The SMILES string of the molecule is [CH]c1cc(C)c(C)cn1. The molecule has 0 aliphatic carbocycles. The van der Waals surface area contributed by atoms with E-state index in [0.29, 0.717) is 5.69 Å². The van der Waals surface area contributed by atoms with Crippen LogP contribution in [0.15, 0.2) is 12.3 Å². The van der Waals surface area contributed by atoms with Crippen molar-refractivity contribution in [1.29, 1.82) is 0 Å². The smallest absolute Gasteiger partial charge is 0.0451 e. The van der Waals surface area contributed by atoms with E-state index in [9.17, 15) is 0 Å². The Balaban J connectivity index is 3.17. The highest BCUT2D eigenvalue weighted by Gasteiger charge is 1.90. The Labute approximate surface area is 55.7 Å². The number of aromatic nitrogens is 1. The molecule has 9 heavy (non-hydrogen) atoms. The number of nitrogens with zero attached hydrogens (tertiary/aromatic N) is 1. The van der Waals surface area contributed by atoms with E-state index in [1.54, 1.807) is 6.20 Å². The third-order valence-corrected chi connectivity index (χ3v) is 1.39. The Morgan fingerprint density at radius 3 is 2.44 bits per heavy atom. The lowest BCUT2D eigenvalue weighted by atomic mass is 10.2. The molecule has 0 aromatic carbocycles. The predicted molar refractivity (Wildman–Crippen MR) is 37.1 cm³/mol. The molecule has 1 aromatic rings. The molecule has 0 spiro atoms. The van der Waals surface area contributed by atoms with Crippen molar-refractivity contribution in [3.8, 4) is 0 Å². The van der Waals surface area contributed by atoms with Crippen LogP contribution in [0.2, 0.25) is 0 Å². The zero-order valence-electron chi connectivity index (χ0n) is 5.68. The molecule has 0 N–H and O–H groups in total. The van der Waals surface area contributed by atoms with Gasteiger partial charge in [0.25, 0.3) is 0 Å². The Morgan fingerprint density at radius 1 is 1.33 bits per heavy atom. The van der Waals surface area contributed by atoms with Crippen LogP contribution in [-0.4, -0.2) is 4.98 Å². The van der Waals surface area contributed by atoms with Crippen molar-refractivity contribution in [2.75, 3.05) is 0 Å². The van der Waals surface area contributed by atoms with Crippen molar-refractivity contribution >= 4 is 0 Å². The van der Waals surface area contributed by atoms with Gasteiger partial charge in [0.15, 0.2) is 0 Å². The third-order valence-electron chi connectivity index (χ3n) is 1.39. The van der Waals surface area contributed by atoms with Gasteiger partial charge in [0, 0.05) is 18.8 Å². The molecule has 46 valence electrons. The van der Waals surface area contributed by atoms with Gasteiger partial charge in [0.2, 0.25) is 0 Å². The molecule has 2 radical (unpaired) electrons. The Kier molecular flexibility index (Phi) is 1.52. The average Bonchev–Trinajstić information content (AvgIpc) is 1.80. The molecular weight excluding hydrogens is 110 g/mol. The summed E-state index contributed by atoms with van der Waals surface area (Å²) < 4.78 is 0. The van der Waals surface area contributed by atoms with Crippen molar-refractivity contribution in [2.45, 2.75) is 13.8 Å². The number of rotatable bonds is 0. The Hall–Kier alpha value is -0.850.